The van der Waals surface area contributed by atoms with Crippen molar-refractivity contribution in [3.05, 3.63) is 0 Å². The number of hydrogen-bond acceptors (Lipinski definition) is 3. The summed E-state index contributed by atoms with van der Waals surface area (Å²) in [6.07, 6.45) is 0. The first-order valence-electron chi connectivity index (χ1n) is 5.58. The van der Waals surface area contributed by atoms with Crippen molar-refractivity contribution in [3.63, 3.8) is 0 Å². The van der Waals surface area contributed by atoms with Gasteiger partial charge in [-0.3, -0.25) is 0 Å². The number of nitrogens with zero attached hydrogens (tertiary/aromatic N) is 1. The normalized spacial score (nSPS) is 19.9. The number of ether oxygens (including phenoxy) is 1. The van der Waals surface area contributed by atoms with Crippen LogP contribution in [0, 0.1) is 0 Å². The molecule has 0 aromatic rings. The highest BCUT2D eigenvalue weighted by molar-refractivity contribution is 5.85. The van der Waals surface area contributed by atoms with Gasteiger partial charge in [-0.05, 0) is 27.7 Å². The SMILES string of the molecule is CC(C)(NC(=O)N1CCOCC1(C)C)C(=O)O. The summed E-state index contributed by atoms with van der Waals surface area (Å²) in [5.74, 6) is -1.06. The summed E-state index contributed by atoms with van der Waals surface area (Å²) in [5, 5.41) is 11.5. The van der Waals surface area contributed by atoms with Gasteiger partial charge in [0.2, 0.25) is 0 Å². The summed E-state index contributed by atoms with van der Waals surface area (Å²) in [5.41, 5.74) is -1.69. The highest BCUT2D eigenvalue weighted by atomic mass is 16.5. The predicted octanol–water partition coefficient (Wildman–Crippen LogP) is 0.670. The number of aliphatic carboxylic acids is 1. The molecule has 0 atom stereocenters. The molecule has 6 heteroatoms. The second kappa shape index (κ2) is 4.52. The Labute approximate surface area is 101 Å². The highest BCUT2D eigenvalue weighted by Gasteiger charge is 2.38. The second-order valence-corrected chi connectivity index (χ2v) is 5.38. The lowest BCUT2D eigenvalue weighted by molar-refractivity contribution is -0.143. The maximum atomic E-state index is 12.0. The van der Waals surface area contributed by atoms with Gasteiger partial charge < -0.3 is 20.1 Å². The maximum absolute atomic E-state index is 12.0. The van der Waals surface area contributed by atoms with Gasteiger partial charge in [0.15, 0.2) is 0 Å². The third-order valence-electron chi connectivity index (χ3n) is 2.84. The van der Waals surface area contributed by atoms with E-state index in [2.05, 4.69) is 5.32 Å². The van der Waals surface area contributed by atoms with Gasteiger partial charge in [0, 0.05) is 6.54 Å². The van der Waals surface area contributed by atoms with Gasteiger partial charge in [0.25, 0.3) is 0 Å². The van der Waals surface area contributed by atoms with Crippen LogP contribution >= 0.6 is 0 Å². The van der Waals surface area contributed by atoms with E-state index in [1.165, 1.54) is 13.8 Å². The molecular formula is C11H20N2O4. The summed E-state index contributed by atoms with van der Waals surface area (Å²) in [4.78, 5) is 24.6. The highest BCUT2D eigenvalue weighted by Crippen LogP contribution is 2.19. The van der Waals surface area contributed by atoms with Gasteiger partial charge in [-0.2, -0.15) is 0 Å². The number of hydrogen-bond donors (Lipinski definition) is 2. The lowest BCUT2D eigenvalue weighted by Gasteiger charge is -2.42. The Morgan fingerprint density at radius 3 is 2.47 bits per heavy atom. The van der Waals surface area contributed by atoms with Crippen LogP contribution in [0.15, 0.2) is 0 Å². The molecule has 0 saturated carbocycles. The molecule has 17 heavy (non-hydrogen) atoms. The summed E-state index contributed by atoms with van der Waals surface area (Å²) in [6, 6.07) is -0.370. The monoisotopic (exact) mass is 244 g/mol. The van der Waals surface area contributed by atoms with E-state index < -0.39 is 17.0 Å². The van der Waals surface area contributed by atoms with Crippen molar-refractivity contribution in [2.75, 3.05) is 19.8 Å². The molecule has 98 valence electrons. The number of carboxylic acids is 1. The van der Waals surface area contributed by atoms with E-state index in [0.717, 1.165) is 0 Å². The Morgan fingerprint density at radius 1 is 1.41 bits per heavy atom. The summed E-state index contributed by atoms with van der Waals surface area (Å²) in [6.45, 7) is 8.09. The van der Waals surface area contributed by atoms with Crippen molar-refractivity contribution in [1.82, 2.24) is 10.2 Å². The lowest BCUT2D eigenvalue weighted by Crippen LogP contribution is -2.62. The number of carbonyl (C=O) groups excluding carboxylic acids is 1. The van der Waals surface area contributed by atoms with E-state index >= 15 is 0 Å². The fourth-order valence-corrected chi connectivity index (χ4v) is 1.62. The zero-order chi connectivity index (χ0) is 13.3. The van der Waals surface area contributed by atoms with Gasteiger partial charge in [0.1, 0.15) is 5.54 Å². The van der Waals surface area contributed by atoms with Crippen molar-refractivity contribution in [2.45, 2.75) is 38.8 Å². The fourth-order valence-electron chi connectivity index (χ4n) is 1.62. The smallest absolute Gasteiger partial charge is 0.328 e. The number of urea groups is 1. The van der Waals surface area contributed by atoms with Gasteiger partial charge in [-0.15, -0.1) is 0 Å². The van der Waals surface area contributed by atoms with E-state index in [9.17, 15) is 9.59 Å². The lowest BCUT2D eigenvalue weighted by atomic mass is 10.0. The van der Waals surface area contributed by atoms with Crippen molar-refractivity contribution in [3.8, 4) is 0 Å². The van der Waals surface area contributed by atoms with Crippen molar-refractivity contribution < 1.29 is 19.4 Å². The molecule has 0 bridgehead atoms. The third kappa shape index (κ3) is 3.09. The molecule has 0 unspecified atom stereocenters. The molecule has 6 nitrogen and oxygen atoms in total. The predicted molar refractivity (Wildman–Crippen MR) is 61.9 cm³/mol. The van der Waals surface area contributed by atoms with E-state index in [-0.39, 0.29) is 6.03 Å². The number of nitrogens with one attached hydrogen (secondary N) is 1. The molecule has 2 amide bonds. The first-order valence-corrected chi connectivity index (χ1v) is 5.58. The van der Waals surface area contributed by atoms with Crippen molar-refractivity contribution in [2.24, 2.45) is 0 Å². The molecule has 0 aliphatic carbocycles. The number of rotatable bonds is 2. The quantitative estimate of drug-likeness (QED) is 0.748. The van der Waals surface area contributed by atoms with Crippen LogP contribution in [0.25, 0.3) is 0 Å². The Kier molecular flexibility index (Phi) is 3.66. The minimum Gasteiger partial charge on any atom is -0.480 e. The van der Waals surface area contributed by atoms with Crippen LogP contribution in [-0.2, 0) is 9.53 Å². The van der Waals surface area contributed by atoms with Crippen LogP contribution in [-0.4, -0.2) is 52.8 Å². The minimum atomic E-state index is -1.27. The number of carbonyl (C=O) groups is 2. The Morgan fingerprint density at radius 2 is 2.00 bits per heavy atom. The van der Waals surface area contributed by atoms with E-state index in [0.29, 0.717) is 19.8 Å². The summed E-state index contributed by atoms with van der Waals surface area (Å²) >= 11 is 0. The fraction of sp³-hybridized carbons (Fsp3) is 0.818. The first kappa shape index (κ1) is 13.8. The molecule has 0 aromatic heterocycles. The Balaban J connectivity index is 2.73. The second-order valence-electron chi connectivity index (χ2n) is 5.38. The third-order valence-corrected chi connectivity index (χ3v) is 2.84. The first-order chi connectivity index (χ1) is 7.67. The largest absolute Gasteiger partial charge is 0.480 e. The molecule has 2 N–H and O–H groups in total. The Bertz CT molecular complexity index is 325. The van der Waals surface area contributed by atoms with Gasteiger partial charge >= 0.3 is 12.0 Å². The molecule has 1 aliphatic heterocycles. The van der Waals surface area contributed by atoms with Crippen molar-refractivity contribution >= 4 is 12.0 Å². The van der Waals surface area contributed by atoms with E-state index in [4.69, 9.17) is 9.84 Å². The number of amides is 2. The van der Waals surface area contributed by atoms with Crippen LogP contribution in [0.3, 0.4) is 0 Å². The average molecular weight is 244 g/mol. The van der Waals surface area contributed by atoms with Crippen LogP contribution in [0.1, 0.15) is 27.7 Å². The van der Waals surface area contributed by atoms with Crippen LogP contribution in [0.4, 0.5) is 4.79 Å². The Hall–Kier alpha value is -1.30. The van der Waals surface area contributed by atoms with Gasteiger partial charge in [-0.25, -0.2) is 9.59 Å². The number of carboxylic acid groups (broad SMARTS) is 1. The summed E-state index contributed by atoms with van der Waals surface area (Å²) in [7, 11) is 0. The minimum absolute atomic E-state index is 0.370. The zero-order valence-corrected chi connectivity index (χ0v) is 10.7. The molecule has 0 radical (unpaired) electrons. The maximum Gasteiger partial charge on any atom is 0.328 e. The van der Waals surface area contributed by atoms with E-state index in [1.54, 1.807) is 4.90 Å². The number of morpholine rings is 1. The van der Waals surface area contributed by atoms with Crippen LogP contribution < -0.4 is 5.32 Å². The van der Waals surface area contributed by atoms with Crippen LogP contribution in [0.5, 0.6) is 0 Å². The van der Waals surface area contributed by atoms with Crippen molar-refractivity contribution in [1.29, 1.82) is 0 Å². The topological polar surface area (TPSA) is 78.9 Å². The van der Waals surface area contributed by atoms with Crippen LogP contribution in [0.2, 0.25) is 0 Å². The van der Waals surface area contributed by atoms with E-state index in [1.807, 2.05) is 13.8 Å². The van der Waals surface area contributed by atoms with Gasteiger partial charge in [0.05, 0.1) is 18.8 Å². The molecule has 1 saturated heterocycles. The molecule has 0 aromatic carbocycles. The van der Waals surface area contributed by atoms with Gasteiger partial charge in [-0.1, -0.05) is 0 Å². The molecule has 1 heterocycles. The molecule has 1 aliphatic rings. The standard InChI is InChI=1S/C11H20N2O4/c1-10(2)7-17-6-5-13(10)9(16)12-11(3,4)8(14)15/h5-7H2,1-4H3,(H,12,16)(H,14,15). The zero-order valence-electron chi connectivity index (χ0n) is 10.7. The average Bonchev–Trinajstić information content (AvgIpc) is 2.15. The molecule has 1 fully saturated rings. The molecular weight excluding hydrogens is 224 g/mol. The molecule has 0 spiro atoms. The summed E-state index contributed by atoms with van der Waals surface area (Å²) < 4.78 is 5.30. The molecule has 1 rings (SSSR count).